The topological polar surface area (TPSA) is 32.3 Å². The minimum Gasteiger partial charge on any atom is -0.338 e. The summed E-state index contributed by atoms with van der Waals surface area (Å²) in [7, 11) is 0. The molecule has 1 fully saturated rings. The maximum absolute atomic E-state index is 12.5. The summed E-state index contributed by atoms with van der Waals surface area (Å²) in [6, 6.07) is 0. The summed E-state index contributed by atoms with van der Waals surface area (Å²) in [4.78, 5) is 12.6. The Bertz CT molecular complexity index is 143. The van der Waals surface area contributed by atoms with Gasteiger partial charge in [-0.15, -0.1) is 0 Å². The van der Waals surface area contributed by atoms with E-state index in [2.05, 4.69) is 5.32 Å². The van der Waals surface area contributed by atoms with Gasteiger partial charge in [0, 0.05) is 26.2 Å². The van der Waals surface area contributed by atoms with Gasteiger partial charge in [0.1, 0.15) is 0 Å². The number of alkyl halides is 1. The fourth-order valence-corrected chi connectivity index (χ4v) is 1.14. The van der Waals surface area contributed by atoms with Crippen molar-refractivity contribution in [1.82, 2.24) is 10.2 Å². The highest BCUT2D eigenvalue weighted by molar-refractivity contribution is 5.80. The smallest absolute Gasteiger partial charge is 0.256 e. The summed E-state index contributed by atoms with van der Waals surface area (Å²) in [5.74, 6) is -0.383. The van der Waals surface area contributed by atoms with Crippen LogP contribution in [0, 0.1) is 0 Å². The molecule has 11 heavy (non-hydrogen) atoms. The zero-order valence-corrected chi connectivity index (χ0v) is 6.64. The first-order valence-corrected chi connectivity index (χ1v) is 3.85. The van der Waals surface area contributed by atoms with Gasteiger partial charge >= 0.3 is 0 Å². The van der Waals surface area contributed by atoms with Gasteiger partial charge in [-0.1, -0.05) is 0 Å². The minimum atomic E-state index is -1.35. The van der Waals surface area contributed by atoms with Crippen LogP contribution in [0.15, 0.2) is 0 Å². The van der Waals surface area contributed by atoms with Crippen LogP contribution in [0.4, 0.5) is 4.39 Å². The van der Waals surface area contributed by atoms with Crippen LogP contribution < -0.4 is 5.32 Å². The second kappa shape index (κ2) is 3.67. The Morgan fingerprint density at radius 3 is 2.55 bits per heavy atom. The fraction of sp³-hybridized carbons (Fsp3) is 0.857. The Labute approximate surface area is 65.6 Å². The van der Waals surface area contributed by atoms with E-state index in [0.29, 0.717) is 13.1 Å². The molecular weight excluding hydrogens is 147 g/mol. The largest absolute Gasteiger partial charge is 0.338 e. The third-order valence-corrected chi connectivity index (χ3v) is 1.77. The molecule has 1 N–H and O–H groups in total. The maximum atomic E-state index is 12.5. The lowest BCUT2D eigenvalue weighted by atomic mass is 10.3. The van der Waals surface area contributed by atoms with Gasteiger partial charge in [0.15, 0.2) is 6.17 Å². The number of hydrogen-bond acceptors (Lipinski definition) is 2. The highest BCUT2D eigenvalue weighted by Crippen LogP contribution is 1.99. The van der Waals surface area contributed by atoms with E-state index < -0.39 is 6.17 Å². The average molecular weight is 160 g/mol. The molecule has 3 nitrogen and oxygen atoms in total. The fourth-order valence-electron chi connectivity index (χ4n) is 1.14. The lowest BCUT2D eigenvalue weighted by Gasteiger charge is -2.27. The van der Waals surface area contributed by atoms with Crippen LogP contribution in [-0.4, -0.2) is 43.2 Å². The molecule has 0 aromatic heterocycles. The van der Waals surface area contributed by atoms with Gasteiger partial charge in [-0.25, -0.2) is 4.39 Å². The van der Waals surface area contributed by atoms with Crippen molar-refractivity contribution in [1.29, 1.82) is 0 Å². The van der Waals surface area contributed by atoms with E-state index in [-0.39, 0.29) is 5.91 Å². The summed E-state index contributed by atoms with van der Waals surface area (Å²) >= 11 is 0. The van der Waals surface area contributed by atoms with Gasteiger partial charge in [-0.3, -0.25) is 4.79 Å². The lowest BCUT2D eigenvalue weighted by Crippen LogP contribution is -2.48. The van der Waals surface area contributed by atoms with E-state index >= 15 is 0 Å². The third-order valence-electron chi connectivity index (χ3n) is 1.77. The molecule has 1 unspecified atom stereocenters. The number of halogens is 1. The number of rotatable bonds is 1. The summed E-state index contributed by atoms with van der Waals surface area (Å²) < 4.78 is 12.5. The molecule has 1 rings (SSSR count). The van der Waals surface area contributed by atoms with Crippen molar-refractivity contribution in [3.63, 3.8) is 0 Å². The van der Waals surface area contributed by atoms with Gasteiger partial charge in [-0.05, 0) is 6.92 Å². The lowest BCUT2D eigenvalue weighted by molar-refractivity contribution is -0.136. The van der Waals surface area contributed by atoms with Crippen molar-refractivity contribution in [3.05, 3.63) is 0 Å². The van der Waals surface area contributed by atoms with Crippen molar-refractivity contribution in [2.24, 2.45) is 0 Å². The molecular formula is C7H13FN2O. The first-order chi connectivity index (χ1) is 5.22. The molecule has 0 radical (unpaired) electrons. The van der Waals surface area contributed by atoms with E-state index in [4.69, 9.17) is 0 Å². The number of carbonyl (C=O) groups excluding carboxylic acids is 1. The Kier molecular flexibility index (Phi) is 2.82. The number of hydrogen-bond donors (Lipinski definition) is 1. The Morgan fingerprint density at radius 2 is 2.09 bits per heavy atom. The van der Waals surface area contributed by atoms with Crippen LogP contribution in [0.25, 0.3) is 0 Å². The van der Waals surface area contributed by atoms with Gasteiger partial charge in [0.05, 0.1) is 0 Å². The van der Waals surface area contributed by atoms with Crippen LogP contribution in [-0.2, 0) is 4.79 Å². The molecule has 0 saturated carbocycles. The van der Waals surface area contributed by atoms with Gasteiger partial charge in [-0.2, -0.15) is 0 Å². The van der Waals surface area contributed by atoms with Gasteiger partial charge in [0.2, 0.25) is 0 Å². The van der Waals surface area contributed by atoms with Crippen LogP contribution in [0.5, 0.6) is 0 Å². The monoisotopic (exact) mass is 160 g/mol. The molecule has 64 valence electrons. The molecule has 0 aromatic carbocycles. The van der Waals surface area contributed by atoms with Gasteiger partial charge < -0.3 is 10.2 Å². The first kappa shape index (κ1) is 8.46. The zero-order chi connectivity index (χ0) is 8.27. The molecule has 1 heterocycles. The summed E-state index contributed by atoms with van der Waals surface area (Å²) in [5.41, 5.74) is 0. The first-order valence-electron chi connectivity index (χ1n) is 3.85. The summed E-state index contributed by atoms with van der Waals surface area (Å²) in [6.07, 6.45) is -1.35. The summed E-state index contributed by atoms with van der Waals surface area (Å²) in [5, 5.41) is 3.09. The SMILES string of the molecule is CC(F)C(=O)N1CCNCC1. The highest BCUT2D eigenvalue weighted by atomic mass is 19.1. The van der Waals surface area contributed by atoms with Crippen LogP contribution in [0.3, 0.4) is 0 Å². The van der Waals surface area contributed by atoms with E-state index in [1.807, 2.05) is 0 Å². The Balaban J connectivity index is 2.39. The molecule has 1 saturated heterocycles. The molecule has 1 amide bonds. The number of nitrogens with zero attached hydrogens (tertiary/aromatic N) is 1. The highest BCUT2D eigenvalue weighted by Gasteiger charge is 2.20. The van der Waals surface area contributed by atoms with Crippen molar-refractivity contribution < 1.29 is 9.18 Å². The standard InChI is InChI=1S/C7H13FN2O/c1-6(8)7(11)10-4-2-9-3-5-10/h6,9H,2-5H2,1H3. The molecule has 0 aromatic rings. The molecule has 4 heteroatoms. The van der Waals surface area contributed by atoms with Crippen molar-refractivity contribution in [3.8, 4) is 0 Å². The van der Waals surface area contributed by atoms with Crippen molar-refractivity contribution >= 4 is 5.91 Å². The third kappa shape index (κ3) is 2.15. The van der Waals surface area contributed by atoms with Crippen molar-refractivity contribution in [2.75, 3.05) is 26.2 Å². The maximum Gasteiger partial charge on any atom is 0.256 e. The van der Waals surface area contributed by atoms with Gasteiger partial charge in [0.25, 0.3) is 5.91 Å². The molecule has 0 aliphatic carbocycles. The second-order valence-electron chi connectivity index (χ2n) is 2.69. The van der Waals surface area contributed by atoms with Crippen LogP contribution >= 0.6 is 0 Å². The molecule has 1 atom stereocenters. The summed E-state index contributed by atoms with van der Waals surface area (Å²) in [6.45, 7) is 4.10. The minimum absolute atomic E-state index is 0.383. The van der Waals surface area contributed by atoms with E-state index in [1.165, 1.54) is 6.92 Å². The number of nitrogens with one attached hydrogen (secondary N) is 1. The number of carbonyl (C=O) groups is 1. The molecule has 1 aliphatic rings. The normalized spacial score (nSPS) is 21.5. The second-order valence-corrected chi connectivity index (χ2v) is 2.69. The zero-order valence-electron chi connectivity index (χ0n) is 6.64. The quantitative estimate of drug-likeness (QED) is 0.575. The van der Waals surface area contributed by atoms with E-state index in [9.17, 15) is 9.18 Å². The number of amides is 1. The molecule has 0 spiro atoms. The van der Waals surface area contributed by atoms with E-state index in [1.54, 1.807) is 4.90 Å². The van der Waals surface area contributed by atoms with Crippen molar-refractivity contribution in [2.45, 2.75) is 13.1 Å². The average Bonchev–Trinajstić information content (AvgIpc) is 2.05. The van der Waals surface area contributed by atoms with E-state index in [0.717, 1.165) is 13.1 Å². The Morgan fingerprint density at radius 1 is 1.55 bits per heavy atom. The van der Waals surface area contributed by atoms with Crippen LogP contribution in [0.2, 0.25) is 0 Å². The van der Waals surface area contributed by atoms with Crippen LogP contribution in [0.1, 0.15) is 6.92 Å². The Hall–Kier alpha value is -0.640. The molecule has 0 bridgehead atoms. The predicted octanol–water partition coefficient (Wildman–Crippen LogP) is -0.224. The molecule has 1 aliphatic heterocycles. The number of piperazine rings is 1. The predicted molar refractivity (Wildman–Crippen MR) is 40.0 cm³/mol.